The molecule has 0 saturated carbocycles. The SMILES string of the molecule is CCN1c2ccc(C(=O)Nc3ccc(Br)cc3F)cc2-c2ccccc2S1(=O)=O. The number of rotatable bonds is 3. The number of nitrogens with zero attached hydrogens (tertiary/aromatic N) is 1. The van der Waals surface area contributed by atoms with E-state index >= 15 is 0 Å². The lowest BCUT2D eigenvalue weighted by Crippen LogP contribution is -2.34. The molecule has 1 amide bonds. The summed E-state index contributed by atoms with van der Waals surface area (Å²) in [5.41, 5.74) is 2.06. The first kappa shape index (κ1) is 19.6. The molecule has 1 aliphatic rings. The van der Waals surface area contributed by atoms with Gasteiger partial charge in [0, 0.05) is 27.7 Å². The lowest BCUT2D eigenvalue weighted by Gasteiger charge is -2.31. The standard InChI is InChI=1S/C21H16BrFN2O3S/c1-2-25-19-10-7-13(21(26)24-18-9-8-14(22)12-17(18)23)11-16(19)15-5-3-4-6-20(15)29(25,27)28/h3-12H,2H2,1H3,(H,24,26). The highest BCUT2D eigenvalue weighted by atomic mass is 79.9. The molecule has 5 nitrogen and oxygen atoms in total. The van der Waals surface area contributed by atoms with E-state index in [0.717, 1.165) is 0 Å². The minimum absolute atomic E-state index is 0.0640. The van der Waals surface area contributed by atoms with E-state index in [4.69, 9.17) is 0 Å². The summed E-state index contributed by atoms with van der Waals surface area (Å²) in [6.07, 6.45) is 0. The third-order valence-corrected chi connectivity index (χ3v) is 7.18. The molecule has 0 bridgehead atoms. The van der Waals surface area contributed by atoms with Crippen molar-refractivity contribution < 1.29 is 17.6 Å². The molecular formula is C21H16BrFN2O3S. The Balaban J connectivity index is 1.78. The third kappa shape index (κ3) is 3.32. The van der Waals surface area contributed by atoms with Crippen LogP contribution in [0, 0.1) is 5.82 Å². The van der Waals surface area contributed by atoms with Crippen LogP contribution in [0.4, 0.5) is 15.8 Å². The Morgan fingerprint density at radius 1 is 1.07 bits per heavy atom. The molecule has 0 saturated heterocycles. The summed E-state index contributed by atoms with van der Waals surface area (Å²) >= 11 is 3.18. The van der Waals surface area contributed by atoms with Crippen molar-refractivity contribution in [3.63, 3.8) is 0 Å². The Labute approximate surface area is 176 Å². The van der Waals surface area contributed by atoms with Gasteiger partial charge in [-0.3, -0.25) is 9.10 Å². The van der Waals surface area contributed by atoms with Gasteiger partial charge in [-0.2, -0.15) is 0 Å². The minimum atomic E-state index is -3.66. The quantitative estimate of drug-likeness (QED) is 0.578. The van der Waals surface area contributed by atoms with Crippen molar-refractivity contribution in [2.45, 2.75) is 11.8 Å². The average Bonchev–Trinajstić information content (AvgIpc) is 2.70. The van der Waals surface area contributed by atoms with E-state index in [9.17, 15) is 17.6 Å². The molecule has 1 aliphatic heterocycles. The number of carbonyl (C=O) groups excluding carboxylic acids is 1. The molecule has 0 radical (unpaired) electrons. The lowest BCUT2D eigenvalue weighted by atomic mass is 10.00. The zero-order valence-corrected chi connectivity index (χ0v) is 17.7. The van der Waals surface area contributed by atoms with E-state index < -0.39 is 21.7 Å². The van der Waals surface area contributed by atoms with Crippen molar-refractivity contribution in [3.05, 3.63) is 76.5 Å². The minimum Gasteiger partial charge on any atom is -0.319 e. The Hall–Kier alpha value is -2.71. The molecule has 0 aliphatic carbocycles. The predicted octanol–water partition coefficient (Wildman–Crippen LogP) is 5.04. The summed E-state index contributed by atoms with van der Waals surface area (Å²) in [5, 5.41) is 2.56. The summed E-state index contributed by atoms with van der Waals surface area (Å²) in [6, 6.07) is 15.8. The van der Waals surface area contributed by atoms with Crippen LogP contribution in [0.5, 0.6) is 0 Å². The molecule has 0 spiro atoms. The maximum absolute atomic E-state index is 14.1. The molecule has 1 heterocycles. The number of benzene rings is 3. The van der Waals surface area contributed by atoms with Crippen molar-refractivity contribution in [2.24, 2.45) is 0 Å². The van der Waals surface area contributed by atoms with Gasteiger partial charge < -0.3 is 5.32 Å². The number of hydrogen-bond acceptors (Lipinski definition) is 3. The summed E-state index contributed by atoms with van der Waals surface area (Å²) in [6.45, 7) is 2.02. The smallest absolute Gasteiger partial charge is 0.264 e. The Morgan fingerprint density at radius 3 is 2.55 bits per heavy atom. The highest BCUT2D eigenvalue weighted by molar-refractivity contribution is 9.10. The van der Waals surface area contributed by atoms with Gasteiger partial charge >= 0.3 is 0 Å². The number of amides is 1. The molecule has 148 valence electrons. The van der Waals surface area contributed by atoms with Crippen LogP contribution in [-0.2, 0) is 10.0 Å². The molecule has 0 atom stereocenters. The van der Waals surface area contributed by atoms with Crippen molar-refractivity contribution >= 4 is 43.2 Å². The molecular weight excluding hydrogens is 459 g/mol. The van der Waals surface area contributed by atoms with Crippen LogP contribution in [0.15, 0.2) is 70.0 Å². The first-order chi connectivity index (χ1) is 13.8. The Kier molecular flexibility index (Phi) is 4.92. The molecule has 3 aromatic carbocycles. The van der Waals surface area contributed by atoms with Crippen LogP contribution < -0.4 is 9.62 Å². The summed E-state index contributed by atoms with van der Waals surface area (Å²) in [7, 11) is -3.66. The molecule has 1 N–H and O–H groups in total. The van der Waals surface area contributed by atoms with E-state index in [-0.39, 0.29) is 17.1 Å². The predicted molar refractivity (Wildman–Crippen MR) is 114 cm³/mol. The molecule has 0 fully saturated rings. The molecule has 3 aromatic rings. The largest absolute Gasteiger partial charge is 0.319 e. The summed E-state index contributed by atoms with van der Waals surface area (Å²) in [4.78, 5) is 12.9. The van der Waals surface area contributed by atoms with Crippen LogP contribution in [0.3, 0.4) is 0 Å². The molecule has 0 unspecified atom stereocenters. The first-order valence-corrected chi connectivity index (χ1v) is 11.1. The van der Waals surface area contributed by atoms with Crippen LogP contribution in [-0.4, -0.2) is 20.9 Å². The van der Waals surface area contributed by atoms with E-state index in [0.29, 0.717) is 26.9 Å². The normalized spacial score (nSPS) is 14.1. The van der Waals surface area contributed by atoms with Crippen LogP contribution in [0.1, 0.15) is 17.3 Å². The average molecular weight is 475 g/mol. The second-order valence-corrected chi connectivity index (χ2v) is 9.22. The Morgan fingerprint density at radius 2 is 1.83 bits per heavy atom. The Bertz CT molecular complexity index is 1240. The fourth-order valence-corrected chi connectivity index (χ4v) is 5.43. The number of hydrogen-bond donors (Lipinski definition) is 1. The van der Waals surface area contributed by atoms with Gasteiger partial charge in [-0.05, 0) is 49.4 Å². The van der Waals surface area contributed by atoms with Crippen LogP contribution in [0.25, 0.3) is 11.1 Å². The number of fused-ring (bicyclic) bond motifs is 3. The van der Waals surface area contributed by atoms with Crippen molar-refractivity contribution in [2.75, 3.05) is 16.2 Å². The monoisotopic (exact) mass is 474 g/mol. The van der Waals surface area contributed by atoms with Gasteiger partial charge in [-0.25, -0.2) is 12.8 Å². The molecule has 4 rings (SSSR count). The van der Waals surface area contributed by atoms with E-state index in [1.807, 2.05) is 0 Å². The van der Waals surface area contributed by atoms with Crippen molar-refractivity contribution in [1.82, 2.24) is 0 Å². The number of halogens is 2. The van der Waals surface area contributed by atoms with E-state index in [2.05, 4.69) is 21.2 Å². The maximum Gasteiger partial charge on any atom is 0.264 e. The molecule has 8 heteroatoms. The number of anilines is 2. The number of nitrogens with one attached hydrogen (secondary N) is 1. The van der Waals surface area contributed by atoms with E-state index in [1.165, 1.54) is 22.5 Å². The summed E-state index contributed by atoms with van der Waals surface area (Å²) < 4.78 is 41.8. The molecule has 29 heavy (non-hydrogen) atoms. The first-order valence-electron chi connectivity index (χ1n) is 8.85. The lowest BCUT2D eigenvalue weighted by molar-refractivity contribution is 0.102. The summed E-state index contributed by atoms with van der Waals surface area (Å²) in [5.74, 6) is -1.04. The number of carbonyl (C=O) groups is 1. The van der Waals surface area contributed by atoms with Gasteiger partial charge in [0.25, 0.3) is 15.9 Å². The fraction of sp³-hybridized carbons (Fsp3) is 0.0952. The van der Waals surface area contributed by atoms with Crippen molar-refractivity contribution in [1.29, 1.82) is 0 Å². The number of sulfonamides is 1. The highest BCUT2D eigenvalue weighted by Gasteiger charge is 2.34. The maximum atomic E-state index is 14.1. The van der Waals surface area contributed by atoms with Gasteiger partial charge in [-0.1, -0.05) is 34.1 Å². The van der Waals surface area contributed by atoms with Gasteiger partial charge in [0.15, 0.2) is 0 Å². The highest BCUT2D eigenvalue weighted by Crippen LogP contribution is 2.43. The van der Waals surface area contributed by atoms with Gasteiger partial charge in [0.05, 0.1) is 16.3 Å². The van der Waals surface area contributed by atoms with Gasteiger partial charge in [-0.15, -0.1) is 0 Å². The second-order valence-electron chi connectivity index (χ2n) is 6.48. The third-order valence-electron chi connectivity index (χ3n) is 4.74. The zero-order chi connectivity index (χ0) is 20.8. The van der Waals surface area contributed by atoms with Crippen LogP contribution >= 0.6 is 15.9 Å². The van der Waals surface area contributed by atoms with Gasteiger partial charge in [0.2, 0.25) is 0 Å². The van der Waals surface area contributed by atoms with Gasteiger partial charge in [0.1, 0.15) is 5.82 Å². The molecule has 0 aromatic heterocycles. The van der Waals surface area contributed by atoms with Crippen LogP contribution in [0.2, 0.25) is 0 Å². The zero-order valence-electron chi connectivity index (χ0n) is 15.3. The van der Waals surface area contributed by atoms with E-state index in [1.54, 1.807) is 49.4 Å². The van der Waals surface area contributed by atoms with Crippen molar-refractivity contribution in [3.8, 4) is 11.1 Å². The topological polar surface area (TPSA) is 66.5 Å². The fourth-order valence-electron chi connectivity index (χ4n) is 3.40. The second kappa shape index (κ2) is 7.27.